The summed E-state index contributed by atoms with van der Waals surface area (Å²) in [5.41, 5.74) is 1.30. The Labute approximate surface area is 140 Å². The van der Waals surface area contributed by atoms with Crippen LogP contribution in [0.4, 0.5) is 0 Å². The molecule has 0 bridgehead atoms. The summed E-state index contributed by atoms with van der Waals surface area (Å²) < 4.78 is 5.65. The first kappa shape index (κ1) is 18.0. The fourth-order valence-electron chi connectivity index (χ4n) is 3.17. The van der Waals surface area contributed by atoms with Gasteiger partial charge < -0.3 is 15.0 Å². The molecule has 1 N–H and O–H groups in total. The van der Waals surface area contributed by atoms with Crippen molar-refractivity contribution in [1.82, 2.24) is 10.2 Å². The highest BCUT2D eigenvalue weighted by molar-refractivity contribution is 5.76. The van der Waals surface area contributed by atoms with Crippen LogP contribution in [0.15, 0.2) is 30.3 Å². The fraction of sp³-hybridized carbons (Fsp3) is 0.632. The Morgan fingerprint density at radius 1 is 1.30 bits per heavy atom. The van der Waals surface area contributed by atoms with Gasteiger partial charge in [0.05, 0.1) is 6.61 Å². The van der Waals surface area contributed by atoms with E-state index in [1.54, 1.807) is 0 Å². The zero-order valence-corrected chi connectivity index (χ0v) is 14.3. The fourth-order valence-corrected chi connectivity index (χ4v) is 3.17. The van der Waals surface area contributed by atoms with E-state index in [0.29, 0.717) is 18.9 Å². The summed E-state index contributed by atoms with van der Waals surface area (Å²) >= 11 is 0. The highest BCUT2D eigenvalue weighted by Gasteiger charge is 2.22. The molecule has 1 aromatic carbocycles. The molecule has 0 spiro atoms. The molecule has 1 aliphatic heterocycles. The third-order valence-electron chi connectivity index (χ3n) is 4.42. The summed E-state index contributed by atoms with van der Waals surface area (Å²) in [6.07, 6.45) is 4.73. The van der Waals surface area contributed by atoms with Gasteiger partial charge >= 0.3 is 0 Å². The lowest BCUT2D eigenvalue weighted by molar-refractivity contribution is -0.133. The lowest BCUT2D eigenvalue weighted by Gasteiger charge is -2.32. The second kappa shape index (κ2) is 10.4. The molecule has 0 aliphatic carbocycles. The topological polar surface area (TPSA) is 41.6 Å². The second-order valence-electron chi connectivity index (χ2n) is 6.36. The standard InChI is InChI=1S/C19H30N2O2/c1-20-15-18-9-5-12-21(16-18)19(22)10-6-13-23-14-11-17-7-3-2-4-8-17/h2-4,7-8,18,20H,5-6,9-16H2,1H3. The van der Waals surface area contributed by atoms with Crippen molar-refractivity contribution in [3.05, 3.63) is 35.9 Å². The van der Waals surface area contributed by atoms with Crippen LogP contribution in [-0.4, -0.2) is 50.7 Å². The lowest BCUT2D eigenvalue weighted by Crippen LogP contribution is -2.42. The van der Waals surface area contributed by atoms with Gasteiger partial charge in [-0.3, -0.25) is 4.79 Å². The molecule has 1 amide bonds. The van der Waals surface area contributed by atoms with Crippen molar-refractivity contribution in [3.63, 3.8) is 0 Å². The second-order valence-corrected chi connectivity index (χ2v) is 6.36. The molecule has 1 saturated heterocycles. The summed E-state index contributed by atoms with van der Waals surface area (Å²) in [4.78, 5) is 14.3. The molecule has 0 radical (unpaired) electrons. The number of likely N-dealkylation sites (tertiary alicyclic amines) is 1. The molecular weight excluding hydrogens is 288 g/mol. The first-order valence-corrected chi connectivity index (χ1v) is 8.83. The monoisotopic (exact) mass is 318 g/mol. The van der Waals surface area contributed by atoms with Gasteiger partial charge in [-0.1, -0.05) is 30.3 Å². The Hall–Kier alpha value is -1.39. The first-order chi connectivity index (χ1) is 11.3. The number of carbonyl (C=O) groups is 1. The van der Waals surface area contributed by atoms with Gasteiger partial charge in [0, 0.05) is 26.1 Å². The molecule has 4 nitrogen and oxygen atoms in total. The number of nitrogens with zero attached hydrogens (tertiary/aromatic N) is 1. The number of piperidine rings is 1. The molecule has 128 valence electrons. The number of ether oxygens (including phenoxy) is 1. The molecule has 2 rings (SSSR count). The van der Waals surface area contributed by atoms with E-state index in [1.165, 1.54) is 12.0 Å². The van der Waals surface area contributed by atoms with Gasteiger partial charge in [-0.25, -0.2) is 0 Å². The van der Waals surface area contributed by atoms with Crippen LogP contribution >= 0.6 is 0 Å². The van der Waals surface area contributed by atoms with E-state index in [4.69, 9.17) is 4.74 Å². The lowest BCUT2D eigenvalue weighted by atomic mass is 9.97. The molecule has 1 fully saturated rings. The normalized spacial score (nSPS) is 18.1. The maximum absolute atomic E-state index is 12.3. The minimum absolute atomic E-state index is 0.289. The van der Waals surface area contributed by atoms with Crippen LogP contribution in [0, 0.1) is 5.92 Å². The third-order valence-corrected chi connectivity index (χ3v) is 4.42. The van der Waals surface area contributed by atoms with Crippen LogP contribution in [0.25, 0.3) is 0 Å². The number of rotatable bonds is 9. The van der Waals surface area contributed by atoms with Gasteiger partial charge in [0.1, 0.15) is 0 Å². The van der Waals surface area contributed by atoms with Crippen LogP contribution in [0.5, 0.6) is 0 Å². The largest absolute Gasteiger partial charge is 0.381 e. The van der Waals surface area contributed by atoms with E-state index in [1.807, 2.05) is 30.1 Å². The highest BCUT2D eigenvalue weighted by Crippen LogP contribution is 2.16. The summed E-state index contributed by atoms with van der Waals surface area (Å²) in [5.74, 6) is 0.900. The zero-order valence-electron chi connectivity index (χ0n) is 14.3. The minimum Gasteiger partial charge on any atom is -0.381 e. The maximum atomic E-state index is 12.3. The summed E-state index contributed by atoms with van der Waals surface area (Å²) in [6.45, 7) is 4.24. The van der Waals surface area contributed by atoms with Crippen LogP contribution < -0.4 is 5.32 Å². The van der Waals surface area contributed by atoms with Crippen molar-refractivity contribution >= 4 is 5.91 Å². The van der Waals surface area contributed by atoms with Crippen molar-refractivity contribution in [2.45, 2.75) is 32.1 Å². The van der Waals surface area contributed by atoms with Gasteiger partial charge in [-0.2, -0.15) is 0 Å². The molecule has 23 heavy (non-hydrogen) atoms. The van der Waals surface area contributed by atoms with E-state index in [2.05, 4.69) is 17.4 Å². The summed E-state index contributed by atoms with van der Waals surface area (Å²) in [5, 5.41) is 3.22. The Bertz CT molecular complexity index is 448. The van der Waals surface area contributed by atoms with Crippen molar-refractivity contribution < 1.29 is 9.53 Å². The SMILES string of the molecule is CNCC1CCCN(C(=O)CCCOCCc2ccccc2)C1. The maximum Gasteiger partial charge on any atom is 0.222 e. The van der Waals surface area contributed by atoms with Gasteiger partial charge in [0.25, 0.3) is 0 Å². The Balaban J connectivity index is 1.54. The molecule has 1 heterocycles. The quantitative estimate of drug-likeness (QED) is 0.711. The predicted molar refractivity (Wildman–Crippen MR) is 93.4 cm³/mol. The summed E-state index contributed by atoms with van der Waals surface area (Å²) in [6, 6.07) is 10.4. The number of hydrogen-bond donors (Lipinski definition) is 1. The smallest absolute Gasteiger partial charge is 0.222 e. The Morgan fingerprint density at radius 3 is 2.91 bits per heavy atom. The third kappa shape index (κ3) is 6.71. The van der Waals surface area contributed by atoms with Gasteiger partial charge in [-0.15, -0.1) is 0 Å². The number of carbonyl (C=O) groups excluding carboxylic acids is 1. The Morgan fingerprint density at radius 2 is 2.13 bits per heavy atom. The average molecular weight is 318 g/mol. The first-order valence-electron chi connectivity index (χ1n) is 8.83. The van der Waals surface area contributed by atoms with Crippen molar-refractivity contribution in [2.75, 3.05) is 39.9 Å². The highest BCUT2D eigenvalue weighted by atomic mass is 16.5. The Kier molecular flexibility index (Phi) is 8.12. The van der Waals surface area contributed by atoms with Crippen LogP contribution in [0.3, 0.4) is 0 Å². The van der Waals surface area contributed by atoms with Gasteiger partial charge in [0.2, 0.25) is 5.91 Å². The van der Waals surface area contributed by atoms with Crippen LogP contribution in [0.2, 0.25) is 0 Å². The number of hydrogen-bond acceptors (Lipinski definition) is 3. The summed E-state index contributed by atoms with van der Waals surface area (Å²) in [7, 11) is 1.98. The van der Waals surface area contributed by atoms with Crippen molar-refractivity contribution in [3.8, 4) is 0 Å². The number of benzene rings is 1. The van der Waals surface area contributed by atoms with Crippen LogP contribution in [0.1, 0.15) is 31.2 Å². The molecule has 0 aromatic heterocycles. The molecular formula is C19H30N2O2. The minimum atomic E-state index is 0.289. The van der Waals surface area contributed by atoms with E-state index < -0.39 is 0 Å². The van der Waals surface area contributed by atoms with E-state index in [-0.39, 0.29) is 5.91 Å². The zero-order chi connectivity index (χ0) is 16.3. The molecule has 1 aliphatic rings. The van der Waals surface area contributed by atoms with Crippen molar-refractivity contribution in [2.24, 2.45) is 5.92 Å². The molecule has 0 saturated carbocycles. The van der Waals surface area contributed by atoms with E-state index in [0.717, 1.165) is 45.5 Å². The van der Waals surface area contributed by atoms with Crippen molar-refractivity contribution in [1.29, 1.82) is 0 Å². The molecule has 1 aromatic rings. The molecule has 4 heteroatoms. The van der Waals surface area contributed by atoms with E-state index in [9.17, 15) is 4.79 Å². The van der Waals surface area contributed by atoms with Gasteiger partial charge in [-0.05, 0) is 50.8 Å². The average Bonchev–Trinajstić information content (AvgIpc) is 2.59. The number of nitrogens with one attached hydrogen (secondary N) is 1. The van der Waals surface area contributed by atoms with Crippen LogP contribution in [-0.2, 0) is 16.0 Å². The predicted octanol–water partition coefficient (Wildman–Crippen LogP) is 2.48. The molecule has 1 atom stereocenters. The molecule has 1 unspecified atom stereocenters. The van der Waals surface area contributed by atoms with E-state index >= 15 is 0 Å². The van der Waals surface area contributed by atoms with Gasteiger partial charge in [0.15, 0.2) is 0 Å². The number of amides is 1.